The summed E-state index contributed by atoms with van der Waals surface area (Å²) < 4.78 is 11.4. The first kappa shape index (κ1) is 24.4. The normalized spacial score (nSPS) is 14.5. The van der Waals surface area contributed by atoms with Crippen LogP contribution in [0.4, 0.5) is 10.6 Å². The fraction of sp³-hybridized carbons (Fsp3) is 0.333. The highest BCUT2D eigenvalue weighted by atomic mass is 16.7. The minimum atomic E-state index is -0.527. The highest BCUT2D eigenvalue weighted by molar-refractivity contribution is 5.98. The van der Waals surface area contributed by atoms with Gasteiger partial charge in [-0.2, -0.15) is 0 Å². The Morgan fingerprint density at radius 1 is 0.973 bits per heavy atom. The molecule has 1 fully saturated rings. The molecule has 2 aromatic carbocycles. The van der Waals surface area contributed by atoms with Gasteiger partial charge in [0.25, 0.3) is 0 Å². The number of anilines is 1. The number of nitrogens with zero attached hydrogens (tertiary/aromatic N) is 5. The molecule has 2 aromatic heterocycles. The molecule has 0 bridgehead atoms. The van der Waals surface area contributed by atoms with Crippen molar-refractivity contribution in [1.82, 2.24) is 24.8 Å². The van der Waals surface area contributed by atoms with E-state index >= 15 is 0 Å². The lowest BCUT2D eigenvalue weighted by Gasteiger charge is -2.33. The summed E-state index contributed by atoms with van der Waals surface area (Å²) in [5.41, 5.74) is 7.64. The van der Waals surface area contributed by atoms with E-state index in [1.54, 1.807) is 4.90 Å². The van der Waals surface area contributed by atoms with Crippen LogP contribution < -0.4 is 15.3 Å². The zero-order valence-corrected chi connectivity index (χ0v) is 21.1. The van der Waals surface area contributed by atoms with Crippen LogP contribution in [0.3, 0.4) is 0 Å². The third kappa shape index (κ3) is 5.58. The van der Waals surface area contributed by atoms with E-state index in [0.717, 1.165) is 11.3 Å². The zero-order chi connectivity index (χ0) is 26.0. The Balaban J connectivity index is 1.33. The van der Waals surface area contributed by atoms with Crippen LogP contribution in [-0.2, 0) is 4.74 Å². The maximum absolute atomic E-state index is 12.4. The maximum Gasteiger partial charge on any atom is 0.410 e. The number of amides is 1. The second-order valence-corrected chi connectivity index (χ2v) is 9.89. The summed E-state index contributed by atoms with van der Waals surface area (Å²) in [7, 11) is 0. The molecule has 4 aromatic rings. The first-order chi connectivity index (χ1) is 17.8. The largest absolute Gasteiger partial charge is 0.457 e. The van der Waals surface area contributed by atoms with Crippen molar-refractivity contribution in [2.24, 2.45) is 0 Å². The molecule has 3 heterocycles. The smallest absolute Gasteiger partial charge is 0.410 e. The summed E-state index contributed by atoms with van der Waals surface area (Å²) in [6.45, 7) is 6.65. The van der Waals surface area contributed by atoms with E-state index in [9.17, 15) is 4.79 Å². The van der Waals surface area contributed by atoms with E-state index in [1.165, 1.54) is 11.2 Å². The van der Waals surface area contributed by atoms with E-state index < -0.39 is 5.60 Å². The number of hydrogen-bond donors (Lipinski definition) is 1. The van der Waals surface area contributed by atoms with Crippen molar-refractivity contribution < 1.29 is 19.1 Å². The van der Waals surface area contributed by atoms with E-state index in [4.69, 9.17) is 25.1 Å². The monoisotopic (exact) mass is 502 g/mol. The molecule has 37 heavy (non-hydrogen) atoms. The Labute approximate surface area is 214 Å². The van der Waals surface area contributed by atoms with Crippen LogP contribution in [0, 0.1) is 0 Å². The van der Waals surface area contributed by atoms with Gasteiger partial charge >= 0.3 is 6.09 Å². The molecule has 192 valence electrons. The van der Waals surface area contributed by atoms with E-state index in [-0.39, 0.29) is 12.2 Å². The number of rotatable bonds is 5. The molecule has 0 atom stereocenters. The maximum atomic E-state index is 12.4. The zero-order valence-electron chi connectivity index (χ0n) is 21.1. The van der Waals surface area contributed by atoms with Gasteiger partial charge in [0.15, 0.2) is 0 Å². The van der Waals surface area contributed by atoms with Crippen LogP contribution >= 0.6 is 0 Å². The van der Waals surface area contributed by atoms with Crippen LogP contribution in [0.1, 0.15) is 33.6 Å². The SMILES string of the molecule is CC(C)(C)OC(=O)N1CCC(On2nc(-c3ccc(Oc4ccccc4)cc3)c3c(N)ncnc32)CC1. The highest BCUT2D eigenvalue weighted by Gasteiger charge is 2.29. The number of nitrogens with two attached hydrogens (primary N) is 1. The summed E-state index contributed by atoms with van der Waals surface area (Å²) in [6, 6.07) is 17.2. The van der Waals surface area contributed by atoms with Gasteiger partial charge in [0, 0.05) is 31.5 Å². The molecule has 0 aliphatic carbocycles. The molecule has 0 radical (unpaired) electrons. The summed E-state index contributed by atoms with van der Waals surface area (Å²) in [4.78, 5) is 30.3. The van der Waals surface area contributed by atoms with Gasteiger partial charge in [0.05, 0.1) is 5.39 Å². The van der Waals surface area contributed by atoms with Crippen molar-refractivity contribution in [1.29, 1.82) is 0 Å². The molecular weight excluding hydrogens is 472 g/mol. The number of para-hydroxylation sites is 1. The highest BCUT2D eigenvalue weighted by Crippen LogP contribution is 2.32. The number of carbonyl (C=O) groups excluding carboxylic acids is 1. The Kier molecular flexibility index (Phi) is 6.56. The second kappa shape index (κ2) is 9.96. The fourth-order valence-electron chi connectivity index (χ4n) is 4.14. The molecule has 10 nitrogen and oxygen atoms in total. The Morgan fingerprint density at radius 2 is 1.65 bits per heavy atom. The number of carbonyl (C=O) groups is 1. The summed E-state index contributed by atoms with van der Waals surface area (Å²) in [5.74, 6) is 1.78. The molecule has 1 aliphatic rings. The van der Waals surface area contributed by atoms with Gasteiger partial charge in [-0.3, -0.25) is 0 Å². The van der Waals surface area contributed by atoms with Crippen molar-refractivity contribution in [3.05, 3.63) is 60.9 Å². The number of nitrogen functional groups attached to an aromatic ring is 1. The van der Waals surface area contributed by atoms with Crippen molar-refractivity contribution in [2.75, 3.05) is 18.8 Å². The van der Waals surface area contributed by atoms with Crippen LogP contribution in [0.15, 0.2) is 60.9 Å². The van der Waals surface area contributed by atoms with Crippen molar-refractivity contribution in [3.8, 4) is 22.8 Å². The van der Waals surface area contributed by atoms with Gasteiger partial charge < -0.3 is 24.9 Å². The lowest BCUT2D eigenvalue weighted by molar-refractivity contribution is -0.0239. The number of fused-ring (bicyclic) bond motifs is 1. The van der Waals surface area contributed by atoms with Crippen molar-refractivity contribution >= 4 is 22.9 Å². The number of benzene rings is 2. The Morgan fingerprint density at radius 3 is 2.32 bits per heavy atom. The van der Waals surface area contributed by atoms with Gasteiger partial charge in [0.2, 0.25) is 5.65 Å². The number of hydrogen-bond acceptors (Lipinski definition) is 8. The molecule has 2 N–H and O–H groups in total. The average molecular weight is 503 g/mol. The minimum Gasteiger partial charge on any atom is -0.457 e. The van der Waals surface area contributed by atoms with Crippen LogP contribution in [-0.4, -0.2) is 55.7 Å². The van der Waals surface area contributed by atoms with E-state index in [0.29, 0.717) is 54.2 Å². The third-order valence-corrected chi connectivity index (χ3v) is 5.91. The number of ether oxygens (including phenoxy) is 2. The number of piperidine rings is 1. The molecule has 10 heteroatoms. The third-order valence-electron chi connectivity index (χ3n) is 5.91. The van der Waals surface area contributed by atoms with Crippen molar-refractivity contribution in [2.45, 2.75) is 45.3 Å². The predicted molar refractivity (Wildman–Crippen MR) is 139 cm³/mol. The first-order valence-electron chi connectivity index (χ1n) is 12.2. The fourth-order valence-corrected chi connectivity index (χ4v) is 4.14. The van der Waals surface area contributed by atoms with Crippen molar-refractivity contribution in [3.63, 3.8) is 0 Å². The quantitative estimate of drug-likeness (QED) is 0.417. The number of likely N-dealkylation sites (tertiary alicyclic amines) is 1. The number of aromatic nitrogens is 4. The van der Waals surface area contributed by atoms with Gasteiger partial charge in [-0.1, -0.05) is 23.0 Å². The lowest BCUT2D eigenvalue weighted by atomic mass is 10.1. The van der Waals surface area contributed by atoms with E-state index in [2.05, 4.69) is 9.97 Å². The van der Waals surface area contributed by atoms with E-state index in [1.807, 2.05) is 75.4 Å². The molecule has 1 aliphatic heterocycles. The minimum absolute atomic E-state index is 0.146. The summed E-state index contributed by atoms with van der Waals surface area (Å²) in [5, 5.41) is 5.31. The summed E-state index contributed by atoms with van der Waals surface area (Å²) in [6.07, 6.45) is 2.22. The lowest BCUT2D eigenvalue weighted by Crippen LogP contribution is -2.45. The molecule has 0 saturated carbocycles. The Bertz CT molecular complexity index is 1370. The van der Waals surface area contributed by atoms with Crippen LogP contribution in [0.25, 0.3) is 22.3 Å². The molecule has 5 rings (SSSR count). The standard InChI is InChI=1S/C27H30N6O4/c1-27(2,3)36-26(34)32-15-13-21(14-16-32)37-33-25-22(24(28)29-17-30-25)23(31-33)18-9-11-20(12-10-18)35-19-7-5-4-6-8-19/h4-12,17,21H,13-16H2,1-3H3,(H2,28,29,30). The van der Waals surface area contributed by atoms with Gasteiger partial charge in [-0.15, -0.1) is 5.10 Å². The van der Waals surface area contributed by atoms with Crippen LogP contribution in [0.2, 0.25) is 0 Å². The Hall–Kier alpha value is -4.34. The van der Waals surface area contributed by atoms with Gasteiger partial charge in [-0.05, 0) is 57.2 Å². The summed E-state index contributed by atoms with van der Waals surface area (Å²) >= 11 is 0. The molecule has 0 spiro atoms. The molecule has 0 unspecified atom stereocenters. The molecular formula is C27H30N6O4. The average Bonchev–Trinajstić information content (AvgIpc) is 3.24. The van der Waals surface area contributed by atoms with Crippen LogP contribution in [0.5, 0.6) is 11.5 Å². The predicted octanol–water partition coefficient (Wildman–Crippen LogP) is 4.70. The topological polar surface area (TPSA) is 118 Å². The second-order valence-electron chi connectivity index (χ2n) is 9.89. The first-order valence-corrected chi connectivity index (χ1v) is 12.2. The molecule has 1 amide bonds. The molecule has 1 saturated heterocycles. The van der Waals surface area contributed by atoms with Gasteiger partial charge in [0.1, 0.15) is 41.0 Å². The van der Waals surface area contributed by atoms with Gasteiger partial charge in [-0.25, -0.2) is 14.8 Å².